The molecule has 1 amide bonds. The molecule has 1 aromatic carbocycles. The molecule has 2 aromatic rings. The van der Waals surface area contributed by atoms with Crippen LogP contribution in [0, 0.1) is 5.82 Å². The van der Waals surface area contributed by atoms with Gasteiger partial charge < -0.3 is 5.32 Å². The van der Waals surface area contributed by atoms with Gasteiger partial charge in [0, 0.05) is 18.7 Å². The minimum atomic E-state index is -3.52. The van der Waals surface area contributed by atoms with Crippen LogP contribution in [0.25, 0.3) is 0 Å². The number of carbonyl (C=O) groups is 1. The topological polar surface area (TPSA) is 75.3 Å². The van der Waals surface area contributed by atoms with E-state index in [4.69, 9.17) is 0 Å². The maximum absolute atomic E-state index is 12.7. The Labute approximate surface area is 125 Å². The van der Waals surface area contributed by atoms with Gasteiger partial charge in [0.1, 0.15) is 10.0 Å². The molecule has 0 saturated heterocycles. The van der Waals surface area contributed by atoms with E-state index in [0.29, 0.717) is 5.56 Å². The smallest absolute Gasteiger partial charge is 0.251 e. The van der Waals surface area contributed by atoms with Gasteiger partial charge in [-0.3, -0.25) is 4.79 Å². The summed E-state index contributed by atoms with van der Waals surface area (Å²) in [7, 11) is -3.52. The summed E-state index contributed by atoms with van der Waals surface area (Å²) in [5.74, 6) is -0.805. The summed E-state index contributed by atoms with van der Waals surface area (Å²) in [6.45, 7) is 0.216. The van der Waals surface area contributed by atoms with Gasteiger partial charge in [0.2, 0.25) is 10.0 Å². The lowest BCUT2D eigenvalue weighted by atomic mass is 10.2. The second-order valence-electron chi connectivity index (χ2n) is 4.09. The molecule has 2 rings (SSSR count). The zero-order chi connectivity index (χ0) is 15.3. The minimum absolute atomic E-state index is 0.0766. The second kappa shape index (κ2) is 6.79. The lowest BCUT2D eigenvalue weighted by molar-refractivity contribution is 0.0954. The van der Waals surface area contributed by atoms with Crippen LogP contribution >= 0.6 is 11.3 Å². The highest BCUT2D eigenvalue weighted by atomic mass is 32.2. The van der Waals surface area contributed by atoms with Gasteiger partial charge in [-0.25, -0.2) is 17.5 Å². The van der Waals surface area contributed by atoms with Crippen molar-refractivity contribution in [3.63, 3.8) is 0 Å². The third-order valence-corrected chi connectivity index (χ3v) is 5.43. The van der Waals surface area contributed by atoms with Gasteiger partial charge >= 0.3 is 0 Å². The van der Waals surface area contributed by atoms with Crippen LogP contribution in [0.5, 0.6) is 0 Å². The Kier molecular flexibility index (Phi) is 5.05. The van der Waals surface area contributed by atoms with E-state index >= 15 is 0 Å². The molecule has 0 aliphatic carbocycles. The normalized spacial score (nSPS) is 11.3. The number of benzene rings is 1. The summed E-state index contributed by atoms with van der Waals surface area (Å²) in [4.78, 5) is 11.7. The molecule has 0 radical (unpaired) electrons. The first-order valence-corrected chi connectivity index (χ1v) is 8.42. The Bertz CT molecular complexity index is 698. The van der Waals surface area contributed by atoms with Crippen LogP contribution in [0.4, 0.5) is 4.39 Å². The number of thiophene rings is 1. The van der Waals surface area contributed by atoms with Gasteiger partial charge in [-0.05, 0) is 35.7 Å². The quantitative estimate of drug-likeness (QED) is 0.791. The van der Waals surface area contributed by atoms with Crippen LogP contribution in [-0.2, 0) is 10.0 Å². The van der Waals surface area contributed by atoms with Crippen molar-refractivity contribution in [1.82, 2.24) is 10.0 Å². The molecule has 1 aromatic heterocycles. The van der Waals surface area contributed by atoms with E-state index in [-0.39, 0.29) is 23.2 Å². The second-order valence-corrected chi connectivity index (χ2v) is 7.03. The fourth-order valence-electron chi connectivity index (χ4n) is 1.55. The number of rotatable bonds is 6. The van der Waals surface area contributed by atoms with Crippen molar-refractivity contribution in [2.75, 3.05) is 13.1 Å². The van der Waals surface area contributed by atoms with E-state index in [1.165, 1.54) is 30.3 Å². The highest BCUT2D eigenvalue weighted by Gasteiger charge is 2.14. The van der Waals surface area contributed by atoms with Gasteiger partial charge in [-0.2, -0.15) is 0 Å². The maximum atomic E-state index is 12.7. The minimum Gasteiger partial charge on any atom is -0.351 e. The van der Waals surface area contributed by atoms with E-state index in [0.717, 1.165) is 11.3 Å². The Balaban J connectivity index is 1.80. The SMILES string of the molecule is O=C(NCCNS(=O)(=O)c1cccs1)c1ccc(F)cc1. The predicted octanol–water partition coefficient (Wildman–Crippen LogP) is 1.60. The maximum Gasteiger partial charge on any atom is 0.251 e. The van der Waals surface area contributed by atoms with E-state index < -0.39 is 15.8 Å². The predicted molar refractivity (Wildman–Crippen MR) is 78.2 cm³/mol. The molecule has 0 aliphatic heterocycles. The molecular weight excluding hydrogens is 315 g/mol. The molecular formula is C13H13FN2O3S2. The van der Waals surface area contributed by atoms with Gasteiger partial charge in [0.15, 0.2) is 0 Å². The van der Waals surface area contributed by atoms with Crippen molar-refractivity contribution in [2.24, 2.45) is 0 Å². The summed E-state index contributed by atoms with van der Waals surface area (Å²) in [5, 5.41) is 4.22. The van der Waals surface area contributed by atoms with Crippen LogP contribution in [-0.4, -0.2) is 27.4 Å². The fraction of sp³-hybridized carbons (Fsp3) is 0.154. The molecule has 0 aliphatic rings. The molecule has 0 unspecified atom stereocenters. The Hall–Kier alpha value is -1.77. The molecule has 0 saturated carbocycles. The number of carbonyl (C=O) groups excluding carboxylic acids is 1. The molecule has 0 spiro atoms. The Morgan fingerprint density at radius 1 is 1.14 bits per heavy atom. The largest absolute Gasteiger partial charge is 0.351 e. The Morgan fingerprint density at radius 2 is 1.86 bits per heavy atom. The van der Waals surface area contributed by atoms with Gasteiger partial charge in [-0.1, -0.05) is 6.07 Å². The molecule has 21 heavy (non-hydrogen) atoms. The zero-order valence-corrected chi connectivity index (χ0v) is 12.5. The van der Waals surface area contributed by atoms with E-state index in [9.17, 15) is 17.6 Å². The average Bonchev–Trinajstić information content (AvgIpc) is 2.99. The highest BCUT2D eigenvalue weighted by Crippen LogP contribution is 2.14. The Morgan fingerprint density at radius 3 is 2.48 bits per heavy atom. The van der Waals surface area contributed by atoms with Crippen LogP contribution in [0.1, 0.15) is 10.4 Å². The molecule has 5 nitrogen and oxygen atoms in total. The first kappa shape index (κ1) is 15.6. The molecule has 0 fully saturated rings. The van der Waals surface area contributed by atoms with Gasteiger partial charge in [-0.15, -0.1) is 11.3 Å². The van der Waals surface area contributed by atoms with Gasteiger partial charge in [0.25, 0.3) is 5.91 Å². The number of halogens is 1. The third kappa shape index (κ3) is 4.35. The van der Waals surface area contributed by atoms with E-state index in [1.54, 1.807) is 11.4 Å². The lowest BCUT2D eigenvalue weighted by Gasteiger charge is -2.07. The van der Waals surface area contributed by atoms with Crippen LogP contribution in [0.3, 0.4) is 0 Å². The molecule has 1 heterocycles. The zero-order valence-electron chi connectivity index (χ0n) is 10.9. The number of sulfonamides is 1. The number of hydrogen-bond donors (Lipinski definition) is 2. The number of nitrogens with one attached hydrogen (secondary N) is 2. The summed E-state index contributed by atoms with van der Waals surface area (Å²) in [6, 6.07) is 8.25. The van der Waals surface area contributed by atoms with Crippen molar-refractivity contribution >= 4 is 27.3 Å². The van der Waals surface area contributed by atoms with E-state index in [2.05, 4.69) is 10.0 Å². The summed E-state index contributed by atoms with van der Waals surface area (Å²) in [6.07, 6.45) is 0. The van der Waals surface area contributed by atoms with Crippen LogP contribution < -0.4 is 10.0 Å². The van der Waals surface area contributed by atoms with Crippen LogP contribution in [0.2, 0.25) is 0 Å². The van der Waals surface area contributed by atoms with Crippen LogP contribution in [0.15, 0.2) is 46.0 Å². The molecule has 0 bridgehead atoms. The average molecular weight is 328 g/mol. The number of hydrogen-bond acceptors (Lipinski definition) is 4. The van der Waals surface area contributed by atoms with E-state index in [1.807, 2.05) is 0 Å². The first-order valence-electron chi connectivity index (χ1n) is 6.06. The molecule has 2 N–H and O–H groups in total. The van der Waals surface area contributed by atoms with Crippen molar-refractivity contribution in [3.05, 3.63) is 53.2 Å². The highest BCUT2D eigenvalue weighted by molar-refractivity contribution is 7.91. The summed E-state index contributed by atoms with van der Waals surface area (Å²) < 4.78 is 38.9. The van der Waals surface area contributed by atoms with Crippen molar-refractivity contribution in [3.8, 4) is 0 Å². The van der Waals surface area contributed by atoms with Crippen molar-refractivity contribution in [2.45, 2.75) is 4.21 Å². The standard InChI is InChI=1S/C13H13FN2O3S2/c14-11-5-3-10(4-6-11)13(17)15-7-8-16-21(18,19)12-2-1-9-20-12/h1-6,9,16H,7-8H2,(H,15,17). The fourth-order valence-corrected chi connectivity index (χ4v) is 3.62. The molecule has 112 valence electrons. The third-order valence-electron chi connectivity index (χ3n) is 2.57. The first-order chi connectivity index (χ1) is 9.99. The van der Waals surface area contributed by atoms with Crippen molar-refractivity contribution in [1.29, 1.82) is 0 Å². The van der Waals surface area contributed by atoms with Crippen molar-refractivity contribution < 1.29 is 17.6 Å². The number of amides is 1. The monoisotopic (exact) mass is 328 g/mol. The summed E-state index contributed by atoms with van der Waals surface area (Å²) >= 11 is 1.12. The lowest BCUT2D eigenvalue weighted by Crippen LogP contribution is -2.34. The van der Waals surface area contributed by atoms with Gasteiger partial charge in [0.05, 0.1) is 0 Å². The summed E-state index contributed by atoms with van der Waals surface area (Å²) in [5.41, 5.74) is 0.317. The molecule has 0 atom stereocenters. The molecule has 8 heteroatoms.